The third-order valence-corrected chi connectivity index (χ3v) is 5.59. The lowest BCUT2D eigenvalue weighted by atomic mass is 9.85. The highest BCUT2D eigenvalue weighted by Crippen LogP contribution is 2.33. The fraction of sp³-hybridized carbons (Fsp3) is 0.667. The predicted octanol–water partition coefficient (Wildman–Crippen LogP) is 2.55. The van der Waals surface area contributed by atoms with Crippen molar-refractivity contribution >= 4 is 5.91 Å². The number of benzene rings is 1. The molecule has 1 saturated carbocycles. The molecule has 0 aromatic heterocycles. The topological polar surface area (TPSA) is 53.6 Å². The second kappa shape index (κ2) is 9.38. The Morgan fingerprint density at radius 3 is 2.73 bits per heavy atom. The number of fused-ring (bicyclic) bond motifs is 1. The van der Waals surface area contributed by atoms with Gasteiger partial charge in [-0.25, -0.2) is 0 Å². The zero-order chi connectivity index (χ0) is 18.4. The van der Waals surface area contributed by atoms with Gasteiger partial charge in [0.1, 0.15) is 5.75 Å². The van der Waals surface area contributed by atoms with E-state index in [0.29, 0.717) is 18.5 Å². The van der Waals surface area contributed by atoms with Crippen LogP contribution in [0.25, 0.3) is 0 Å². The maximum Gasteiger partial charge on any atom is 0.237 e. The fourth-order valence-electron chi connectivity index (χ4n) is 4.11. The van der Waals surface area contributed by atoms with Gasteiger partial charge in [-0.1, -0.05) is 25.0 Å². The van der Waals surface area contributed by atoms with Gasteiger partial charge < -0.3 is 20.3 Å². The van der Waals surface area contributed by atoms with Gasteiger partial charge in [0.15, 0.2) is 0 Å². The summed E-state index contributed by atoms with van der Waals surface area (Å²) in [5, 5.41) is 6.63. The van der Waals surface area contributed by atoms with Gasteiger partial charge >= 0.3 is 0 Å². The Bertz CT molecular complexity index is 559. The number of carbonyl (C=O) groups is 1. The normalized spacial score (nSPS) is 25.1. The van der Waals surface area contributed by atoms with Crippen molar-refractivity contribution in [2.45, 2.75) is 57.2 Å². The summed E-state index contributed by atoms with van der Waals surface area (Å²) in [5.41, 5.74) is 1.11. The molecule has 5 heteroatoms. The van der Waals surface area contributed by atoms with Crippen LogP contribution in [0.2, 0.25) is 0 Å². The molecule has 1 aromatic carbocycles. The van der Waals surface area contributed by atoms with Gasteiger partial charge in [0.05, 0.1) is 12.6 Å². The van der Waals surface area contributed by atoms with E-state index >= 15 is 0 Å². The molecule has 1 saturated heterocycles. The number of hydrogen-bond donors (Lipinski definition) is 2. The maximum absolute atomic E-state index is 12.5. The molecule has 0 spiro atoms. The van der Waals surface area contributed by atoms with Crippen LogP contribution in [0.1, 0.15) is 44.1 Å². The van der Waals surface area contributed by atoms with Crippen molar-refractivity contribution in [1.82, 2.24) is 15.5 Å². The second-order valence-electron chi connectivity index (χ2n) is 7.97. The fourth-order valence-corrected chi connectivity index (χ4v) is 4.11. The summed E-state index contributed by atoms with van der Waals surface area (Å²) in [7, 11) is 4.14. The lowest BCUT2D eigenvalue weighted by Crippen LogP contribution is -2.42. The van der Waals surface area contributed by atoms with E-state index in [-0.39, 0.29) is 11.9 Å². The minimum Gasteiger partial charge on any atom is -0.494 e. The van der Waals surface area contributed by atoms with Crippen molar-refractivity contribution in [3.05, 3.63) is 29.8 Å². The zero-order valence-corrected chi connectivity index (χ0v) is 16.2. The Kier molecular flexibility index (Phi) is 6.92. The van der Waals surface area contributed by atoms with E-state index in [9.17, 15) is 4.79 Å². The molecule has 144 valence electrons. The van der Waals surface area contributed by atoms with Crippen molar-refractivity contribution in [2.24, 2.45) is 5.92 Å². The Morgan fingerprint density at radius 1 is 1.23 bits per heavy atom. The lowest BCUT2D eigenvalue weighted by molar-refractivity contribution is -0.123. The van der Waals surface area contributed by atoms with Crippen LogP contribution in [0, 0.1) is 5.92 Å². The van der Waals surface area contributed by atoms with Gasteiger partial charge in [0.2, 0.25) is 5.91 Å². The van der Waals surface area contributed by atoms with Crippen molar-refractivity contribution in [3.63, 3.8) is 0 Å². The summed E-state index contributed by atoms with van der Waals surface area (Å²) in [6.07, 6.45) is 7.13. The summed E-state index contributed by atoms with van der Waals surface area (Å²) < 4.78 is 5.75. The molecule has 1 amide bonds. The largest absolute Gasteiger partial charge is 0.494 e. The molecular formula is C21H33N3O2. The Labute approximate surface area is 157 Å². The number of ether oxygens (including phenoxy) is 1. The number of rotatable bonds is 8. The summed E-state index contributed by atoms with van der Waals surface area (Å²) >= 11 is 0. The highest BCUT2D eigenvalue weighted by Gasteiger charge is 2.37. The van der Waals surface area contributed by atoms with Gasteiger partial charge in [0, 0.05) is 19.1 Å². The highest BCUT2D eigenvalue weighted by atomic mass is 16.5. The Morgan fingerprint density at radius 2 is 2.00 bits per heavy atom. The molecule has 2 fully saturated rings. The summed E-state index contributed by atoms with van der Waals surface area (Å²) in [6, 6.07) is 8.58. The molecule has 3 unspecified atom stereocenters. The molecule has 2 aliphatic rings. The quantitative estimate of drug-likeness (QED) is 0.701. The van der Waals surface area contributed by atoms with E-state index in [0.717, 1.165) is 37.3 Å². The number of carbonyl (C=O) groups excluding carboxylic acids is 1. The monoisotopic (exact) mass is 359 g/mol. The number of amides is 1. The van der Waals surface area contributed by atoms with Gasteiger partial charge in [-0.2, -0.15) is 0 Å². The predicted molar refractivity (Wildman–Crippen MR) is 104 cm³/mol. The van der Waals surface area contributed by atoms with Crippen molar-refractivity contribution in [2.75, 3.05) is 27.2 Å². The van der Waals surface area contributed by atoms with Gasteiger partial charge in [-0.15, -0.1) is 0 Å². The van der Waals surface area contributed by atoms with Gasteiger partial charge in [-0.05, 0) is 63.4 Å². The SMILES string of the molecule is CN(C)CCCOc1ccc(CNC(=O)C2CC3CCCCC3N2)cc1. The van der Waals surface area contributed by atoms with Crippen LogP contribution in [0.4, 0.5) is 0 Å². The molecule has 2 N–H and O–H groups in total. The lowest BCUT2D eigenvalue weighted by Gasteiger charge is -2.24. The van der Waals surface area contributed by atoms with Crippen LogP contribution >= 0.6 is 0 Å². The van der Waals surface area contributed by atoms with Gasteiger partial charge in [0.25, 0.3) is 0 Å². The molecule has 3 atom stereocenters. The first-order valence-electron chi connectivity index (χ1n) is 10.0. The third kappa shape index (κ3) is 5.45. The zero-order valence-electron chi connectivity index (χ0n) is 16.2. The number of nitrogens with zero attached hydrogens (tertiary/aromatic N) is 1. The summed E-state index contributed by atoms with van der Waals surface area (Å²) in [5.74, 6) is 1.73. The smallest absolute Gasteiger partial charge is 0.237 e. The Balaban J connectivity index is 1.38. The van der Waals surface area contributed by atoms with Crippen molar-refractivity contribution in [1.29, 1.82) is 0 Å². The van der Waals surface area contributed by atoms with E-state index in [2.05, 4.69) is 29.6 Å². The van der Waals surface area contributed by atoms with Crippen LogP contribution in [0.3, 0.4) is 0 Å². The van der Waals surface area contributed by atoms with Crippen LogP contribution in [0.5, 0.6) is 5.75 Å². The van der Waals surface area contributed by atoms with Crippen molar-refractivity contribution < 1.29 is 9.53 Å². The van der Waals surface area contributed by atoms with Crippen molar-refractivity contribution in [3.8, 4) is 5.75 Å². The first-order chi connectivity index (χ1) is 12.6. The molecule has 5 nitrogen and oxygen atoms in total. The molecule has 1 heterocycles. The van der Waals surface area contributed by atoms with E-state index in [1.165, 1.54) is 25.7 Å². The van der Waals surface area contributed by atoms with E-state index < -0.39 is 0 Å². The third-order valence-electron chi connectivity index (χ3n) is 5.59. The molecule has 0 radical (unpaired) electrons. The number of hydrogen-bond acceptors (Lipinski definition) is 4. The minimum absolute atomic E-state index is 0.0117. The summed E-state index contributed by atoms with van der Waals surface area (Å²) in [6.45, 7) is 2.33. The van der Waals surface area contributed by atoms with E-state index in [1.54, 1.807) is 0 Å². The number of nitrogens with one attached hydrogen (secondary N) is 2. The van der Waals surface area contributed by atoms with Gasteiger partial charge in [-0.3, -0.25) is 4.79 Å². The van der Waals surface area contributed by atoms with Crippen LogP contribution < -0.4 is 15.4 Å². The minimum atomic E-state index is -0.0117. The molecule has 1 aliphatic heterocycles. The van der Waals surface area contributed by atoms with E-state index in [1.807, 2.05) is 24.3 Å². The molecule has 1 aliphatic carbocycles. The maximum atomic E-state index is 12.5. The van der Waals surface area contributed by atoms with Crippen LogP contribution in [-0.2, 0) is 11.3 Å². The average Bonchev–Trinajstić information content (AvgIpc) is 3.08. The Hall–Kier alpha value is -1.59. The van der Waals surface area contributed by atoms with Crippen LogP contribution in [0.15, 0.2) is 24.3 Å². The summed E-state index contributed by atoms with van der Waals surface area (Å²) in [4.78, 5) is 14.6. The standard InChI is InChI=1S/C21H33N3O2/c1-24(2)12-5-13-26-18-10-8-16(9-11-18)15-22-21(25)20-14-17-6-3-4-7-19(17)23-20/h8-11,17,19-20,23H,3-7,12-15H2,1-2H3,(H,22,25). The average molecular weight is 360 g/mol. The molecule has 3 rings (SSSR count). The first kappa shape index (κ1) is 19.2. The van der Waals surface area contributed by atoms with E-state index in [4.69, 9.17) is 4.74 Å². The van der Waals surface area contributed by atoms with Crippen LogP contribution in [-0.4, -0.2) is 50.1 Å². The molecule has 1 aromatic rings. The molecular weight excluding hydrogens is 326 g/mol. The molecule has 0 bridgehead atoms. The first-order valence-corrected chi connectivity index (χ1v) is 10.0. The molecule has 26 heavy (non-hydrogen) atoms. The highest BCUT2D eigenvalue weighted by molar-refractivity contribution is 5.82. The second-order valence-corrected chi connectivity index (χ2v) is 7.97.